The number of likely N-dealkylation sites (N-methyl/N-ethyl adjacent to an activating group) is 1. The molecule has 0 saturated heterocycles. The maximum absolute atomic E-state index is 6.28. The van der Waals surface area contributed by atoms with Gasteiger partial charge in [-0.2, -0.15) is 0 Å². The van der Waals surface area contributed by atoms with Crippen molar-refractivity contribution in [2.24, 2.45) is 4.99 Å². The number of fused-ring (bicyclic) bond motifs is 1. The SMILES string of the molecule is C[NH+]1CC2=C(N=C3SC=C(c4ccccc4)N3[C@H]2c2ccc(Cl)cc2)/C(=C/c2ccc(Cl)cc2)C1. The highest BCUT2D eigenvalue weighted by molar-refractivity contribution is 8.16. The third kappa shape index (κ3) is 4.36. The summed E-state index contributed by atoms with van der Waals surface area (Å²) in [6.07, 6.45) is 2.26. The molecule has 3 aromatic carbocycles. The first-order chi connectivity index (χ1) is 17.1. The number of benzene rings is 3. The van der Waals surface area contributed by atoms with Crippen molar-refractivity contribution in [1.82, 2.24) is 4.90 Å². The van der Waals surface area contributed by atoms with Crippen LogP contribution in [0.15, 0.2) is 106 Å². The van der Waals surface area contributed by atoms with Crippen molar-refractivity contribution in [3.63, 3.8) is 0 Å². The third-order valence-corrected chi connectivity index (χ3v) is 7.94. The van der Waals surface area contributed by atoms with Crippen molar-refractivity contribution in [2.45, 2.75) is 6.04 Å². The summed E-state index contributed by atoms with van der Waals surface area (Å²) in [6, 6.07) is 26.9. The predicted molar refractivity (Wildman–Crippen MR) is 149 cm³/mol. The molecule has 0 bridgehead atoms. The van der Waals surface area contributed by atoms with Gasteiger partial charge in [0.1, 0.15) is 13.1 Å². The smallest absolute Gasteiger partial charge is 0.174 e. The van der Waals surface area contributed by atoms with Crippen LogP contribution in [0.4, 0.5) is 0 Å². The molecule has 0 aliphatic carbocycles. The van der Waals surface area contributed by atoms with Crippen molar-refractivity contribution < 1.29 is 4.90 Å². The van der Waals surface area contributed by atoms with Crippen LogP contribution >= 0.6 is 35.0 Å². The Labute approximate surface area is 220 Å². The lowest BCUT2D eigenvalue weighted by Crippen LogP contribution is -3.10. The molecule has 2 atom stereocenters. The van der Waals surface area contributed by atoms with E-state index in [0.717, 1.165) is 39.6 Å². The van der Waals surface area contributed by atoms with Gasteiger partial charge in [0, 0.05) is 26.6 Å². The Morgan fingerprint density at radius 2 is 1.60 bits per heavy atom. The molecule has 6 heteroatoms. The Balaban J connectivity index is 1.51. The molecule has 3 heterocycles. The molecule has 0 aromatic heterocycles. The summed E-state index contributed by atoms with van der Waals surface area (Å²) in [4.78, 5) is 9.11. The van der Waals surface area contributed by atoms with Gasteiger partial charge in [-0.15, -0.1) is 0 Å². The zero-order valence-electron chi connectivity index (χ0n) is 19.2. The minimum absolute atomic E-state index is 0.0556. The highest BCUT2D eigenvalue weighted by atomic mass is 35.5. The first kappa shape index (κ1) is 22.7. The number of aliphatic imine (C=N–C) groups is 1. The van der Waals surface area contributed by atoms with Crippen molar-refractivity contribution in [2.75, 3.05) is 20.1 Å². The van der Waals surface area contributed by atoms with E-state index in [1.54, 1.807) is 11.8 Å². The average Bonchev–Trinajstić information content (AvgIpc) is 3.29. The highest BCUT2D eigenvalue weighted by Crippen LogP contribution is 2.48. The predicted octanol–water partition coefficient (Wildman–Crippen LogP) is 6.32. The van der Waals surface area contributed by atoms with E-state index in [1.807, 2.05) is 24.3 Å². The van der Waals surface area contributed by atoms with E-state index in [2.05, 4.69) is 78.0 Å². The van der Waals surface area contributed by atoms with Crippen LogP contribution < -0.4 is 4.90 Å². The van der Waals surface area contributed by atoms with Gasteiger partial charge in [0.2, 0.25) is 0 Å². The number of nitrogens with one attached hydrogen (secondary N) is 1. The van der Waals surface area contributed by atoms with Crippen LogP contribution in [-0.4, -0.2) is 30.2 Å². The number of nitrogens with zero attached hydrogens (tertiary/aromatic N) is 2. The molecule has 0 fully saturated rings. The second-order valence-electron chi connectivity index (χ2n) is 9.11. The van der Waals surface area contributed by atoms with Gasteiger partial charge in [-0.3, -0.25) is 0 Å². The quantitative estimate of drug-likeness (QED) is 0.439. The molecule has 3 aliphatic heterocycles. The Morgan fingerprint density at radius 1 is 0.914 bits per heavy atom. The highest BCUT2D eigenvalue weighted by Gasteiger charge is 2.42. The minimum Gasteiger partial charge on any atom is -0.330 e. The summed E-state index contributed by atoms with van der Waals surface area (Å²) in [5.41, 5.74) is 8.45. The van der Waals surface area contributed by atoms with Gasteiger partial charge in [-0.25, -0.2) is 4.99 Å². The van der Waals surface area contributed by atoms with Gasteiger partial charge in [0.15, 0.2) is 5.17 Å². The minimum atomic E-state index is 0.0556. The Kier molecular flexibility index (Phi) is 6.07. The normalized spacial score (nSPS) is 22.6. The number of hydrogen-bond donors (Lipinski definition) is 1. The van der Waals surface area contributed by atoms with E-state index in [-0.39, 0.29) is 6.04 Å². The van der Waals surface area contributed by atoms with Gasteiger partial charge in [0.25, 0.3) is 0 Å². The largest absolute Gasteiger partial charge is 0.330 e. The summed E-state index contributed by atoms with van der Waals surface area (Å²) < 4.78 is 0. The van der Waals surface area contributed by atoms with Crippen LogP contribution in [0.2, 0.25) is 10.0 Å². The van der Waals surface area contributed by atoms with Crippen molar-refractivity contribution in [3.05, 3.63) is 128 Å². The maximum Gasteiger partial charge on any atom is 0.174 e. The second-order valence-corrected chi connectivity index (χ2v) is 10.8. The first-order valence-electron chi connectivity index (χ1n) is 11.6. The average molecular weight is 518 g/mol. The summed E-state index contributed by atoms with van der Waals surface area (Å²) in [5, 5.41) is 4.74. The molecule has 35 heavy (non-hydrogen) atoms. The number of rotatable bonds is 3. The van der Waals surface area contributed by atoms with Crippen LogP contribution in [0.3, 0.4) is 0 Å². The molecule has 174 valence electrons. The zero-order valence-corrected chi connectivity index (χ0v) is 21.5. The fourth-order valence-corrected chi connectivity index (χ4v) is 6.23. The van der Waals surface area contributed by atoms with Crippen LogP contribution in [-0.2, 0) is 0 Å². The van der Waals surface area contributed by atoms with E-state index in [1.165, 1.54) is 32.9 Å². The lowest BCUT2D eigenvalue weighted by molar-refractivity contribution is -0.871. The standard InChI is InChI=1S/C29H23Cl2N3S/c1-33-16-22(15-19-7-11-23(30)12-8-19)27-25(17-33)28(21-9-13-24(31)14-10-21)34-26(18-35-29(34)32-27)20-5-3-2-4-6-20/h2-15,18,28H,16-17H2,1H3/p+1/b22-15+/t28-/m0/s1. The fourth-order valence-electron chi connectivity index (χ4n) is 5.05. The van der Waals surface area contributed by atoms with Crippen LogP contribution in [0.1, 0.15) is 22.7 Å². The zero-order chi connectivity index (χ0) is 23.9. The molecule has 1 N–H and O–H groups in total. The molecular weight excluding hydrogens is 493 g/mol. The molecule has 3 aromatic rings. The second kappa shape index (κ2) is 9.36. The van der Waals surface area contributed by atoms with Gasteiger partial charge in [-0.1, -0.05) is 89.6 Å². The summed E-state index contributed by atoms with van der Waals surface area (Å²) >= 11 is 14.1. The number of hydrogen-bond acceptors (Lipinski definition) is 3. The molecule has 0 amide bonds. The van der Waals surface area contributed by atoms with Crippen molar-refractivity contribution >= 4 is 51.9 Å². The molecule has 3 aliphatic rings. The van der Waals surface area contributed by atoms with Crippen LogP contribution in [0.5, 0.6) is 0 Å². The van der Waals surface area contributed by atoms with Crippen LogP contribution in [0.25, 0.3) is 11.8 Å². The summed E-state index contributed by atoms with van der Waals surface area (Å²) in [7, 11) is 2.25. The Hall–Kier alpha value is -2.76. The molecular formula is C29H24Cl2N3S+. The number of amidine groups is 1. The molecule has 0 radical (unpaired) electrons. The fraction of sp³-hybridized carbons (Fsp3) is 0.138. The lowest BCUT2D eigenvalue weighted by Gasteiger charge is -2.40. The lowest BCUT2D eigenvalue weighted by atomic mass is 9.88. The van der Waals surface area contributed by atoms with Crippen molar-refractivity contribution in [3.8, 4) is 0 Å². The van der Waals surface area contributed by atoms with Gasteiger partial charge >= 0.3 is 0 Å². The number of thioether (sulfide) groups is 1. The van der Waals surface area contributed by atoms with E-state index in [9.17, 15) is 0 Å². The van der Waals surface area contributed by atoms with Gasteiger partial charge in [0.05, 0.1) is 24.5 Å². The third-order valence-electron chi connectivity index (χ3n) is 6.60. The molecule has 0 saturated carbocycles. The number of halogens is 2. The molecule has 3 nitrogen and oxygen atoms in total. The monoisotopic (exact) mass is 516 g/mol. The first-order valence-corrected chi connectivity index (χ1v) is 13.3. The molecule has 0 spiro atoms. The topological polar surface area (TPSA) is 20.0 Å². The van der Waals surface area contributed by atoms with Crippen LogP contribution in [0, 0.1) is 0 Å². The van der Waals surface area contributed by atoms with Gasteiger partial charge in [-0.05, 0) is 47.0 Å². The Morgan fingerprint density at radius 3 is 2.31 bits per heavy atom. The van der Waals surface area contributed by atoms with E-state index in [0.29, 0.717) is 0 Å². The Bertz CT molecular complexity index is 1390. The van der Waals surface area contributed by atoms with Crippen molar-refractivity contribution in [1.29, 1.82) is 0 Å². The molecule has 6 rings (SSSR count). The van der Waals surface area contributed by atoms with E-state index >= 15 is 0 Å². The molecule has 1 unspecified atom stereocenters. The summed E-state index contributed by atoms with van der Waals surface area (Å²) in [6.45, 7) is 1.86. The maximum atomic E-state index is 6.28. The van der Waals surface area contributed by atoms with E-state index < -0.39 is 0 Å². The summed E-state index contributed by atoms with van der Waals surface area (Å²) in [5.74, 6) is 0. The van der Waals surface area contributed by atoms with E-state index in [4.69, 9.17) is 28.2 Å². The number of quaternary nitrogens is 1. The van der Waals surface area contributed by atoms with Gasteiger partial charge < -0.3 is 9.80 Å².